The van der Waals surface area contributed by atoms with Gasteiger partial charge >= 0.3 is 0 Å². The summed E-state index contributed by atoms with van der Waals surface area (Å²) in [4.78, 5) is 15.7. The minimum atomic E-state index is -0.0464. The minimum absolute atomic E-state index is 0.0464. The van der Waals surface area contributed by atoms with Gasteiger partial charge in [0.1, 0.15) is 5.82 Å². The molecule has 3 nitrogen and oxygen atoms in total. The van der Waals surface area contributed by atoms with E-state index in [-0.39, 0.29) is 11.8 Å². The number of nitrogens with zero attached hydrogens (tertiary/aromatic N) is 2. The van der Waals surface area contributed by atoms with E-state index in [1.165, 1.54) is 0 Å². The molecule has 0 fully saturated rings. The lowest BCUT2D eigenvalue weighted by Crippen LogP contribution is -2.18. The second-order valence-corrected chi connectivity index (χ2v) is 3.88. The van der Waals surface area contributed by atoms with Crippen LogP contribution in [0.1, 0.15) is 51.9 Å². The van der Waals surface area contributed by atoms with Crippen LogP contribution in [0.5, 0.6) is 0 Å². The van der Waals surface area contributed by atoms with Gasteiger partial charge in [0, 0.05) is 18.3 Å². The molecule has 1 aromatic rings. The van der Waals surface area contributed by atoms with Crippen LogP contribution in [-0.2, 0) is 4.79 Å². The number of rotatable bonds is 4. The highest BCUT2D eigenvalue weighted by Gasteiger charge is 2.18. The molecule has 1 rings (SSSR count). The molecule has 1 atom stereocenters. The molecule has 0 aliphatic carbocycles. The van der Waals surface area contributed by atoms with Crippen LogP contribution in [0.25, 0.3) is 0 Å². The van der Waals surface area contributed by atoms with Gasteiger partial charge in [-0.2, -0.15) is 0 Å². The molecule has 1 unspecified atom stereocenters. The van der Waals surface area contributed by atoms with Crippen LogP contribution in [0, 0.1) is 0 Å². The van der Waals surface area contributed by atoms with Gasteiger partial charge in [0.2, 0.25) is 0 Å². The molecule has 14 heavy (non-hydrogen) atoms. The number of Topliss-reactive ketones (excluding diaryl/α,β-unsaturated/α-hetero) is 1. The summed E-state index contributed by atoms with van der Waals surface area (Å²) >= 11 is 0. The van der Waals surface area contributed by atoms with E-state index in [1.807, 2.05) is 17.7 Å². The summed E-state index contributed by atoms with van der Waals surface area (Å²) in [7, 11) is 0. The molecule has 3 heteroatoms. The topological polar surface area (TPSA) is 34.9 Å². The molecular weight excluding hydrogens is 176 g/mol. The van der Waals surface area contributed by atoms with E-state index in [2.05, 4.69) is 18.8 Å². The van der Waals surface area contributed by atoms with E-state index in [0.29, 0.717) is 5.92 Å². The summed E-state index contributed by atoms with van der Waals surface area (Å²) in [6.45, 7) is 7.84. The number of hydrogen-bond acceptors (Lipinski definition) is 2. The molecule has 0 radical (unpaired) electrons. The molecule has 0 saturated carbocycles. The van der Waals surface area contributed by atoms with Crippen molar-refractivity contribution in [2.24, 2.45) is 0 Å². The third-order valence-corrected chi connectivity index (χ3v) is 2.41. The lowest BCUT2D eigenvalue weighted by atomic mass is 10.1. The normalized spacial score (nSPS) is 13.2. The Kier molecular flexibility index (Phi) is 3.44. The third kappa shape index (κ3) is 2.03. The average molecular weight is 194 g/mol. The molecule has 0 N–H and O–H groups in total. The Bertz CT molecular complexity index is 315. The second kappa shape index (κ2) is 4.40. The molecule has 0 spiro atoms. The number of carbonyl (C=O) groups excluding carboxylic acids is 1. The van der Waals surface area contributed by atoms with Crippen molar-refractivity contribution in [3.05, 3.63) is 18.2 Å². The quantitative estimate of drug-likeness (QED) is 0.738. The Labute approximate surface area is 85.2 Å². The van der Waals surface area contributed by atoms with Crippen molar-refractivity contribution in [1.29, 1.82) is 0 Å². The molecule has 0 aliphatic rings. The van der Waals surface area contributed by atoms with E-state index >= 15 is 0 Å². The molecule has 0 amide bonds. The number of aromatic nitrogens is 2. The van der Waals surface area contributed by atoms with E-state index in [9.17, 15) is 4.79 Å². The van der Waals surface area contributed by atoms with E-state index in [4.69, 9.17) is 0 Å². The van der Waals surface area contributed by atoms with Gasteiger partial charge in [-0.05, 0) is 13.3 Å². The van der Waals surface area contributed by atoms with Crippen LogP contribution in [-0.4, -0.2) is 15.3 Å². The predicted molar refractivity (Wildman–Crippen MR) is 56.3 cm³/mol. The minimum Gasteiger partial charge on any atom is -0.324 e. The van der Waals surface area contributed by atoms with Gasteiger partial charge in [-0.25, -0.2) is 4.98 Å². The zero-order valence-electron chi connectivity index (χ0n) is 9.32. The fourth-order valence-electron chi connectivity index (χ4n) is 1.72. The summed E-state index contributed by atoms with van der Waals surface area (Å²) in [6.07, 6.45) is 4.48. The first-order chi connectivity index (χ1) is 6.57. The van der Waals surface area contributed by atoms with Gasteiger partial charge in [0.25, 0.3) is 0 Å². The van der Waals surface area contributed by atoms with Crippen molar-refractivity contribution in [2.75, 3.05) is 0 Å². The standard InChI is InChI=1S/C11H18N2O/c1-5-10(9(4)14)13-7-6-12-11(13)8(2)3/h6-8,10H,5H2,1-4H3. The van der Waals surface area contributed by atoms with Crippen LogP contribution < -0.4 is 0 Å². The summed E-state index contributed by atoms with van der Waals surface area (Å²) in [6, 6.07) is -0.0464. The first kappa shape index (κ1) is 11.0. The van der Waals surface area contributed by atoms with Crippen LogP contribution in [0.15, 0.2) is 12.4 Å². The Morgan fingerprint density at radius 2 is 2.21 bits per heavy atom. The highest BCUT2D eigenvalue weighted by Crippen LogP contribution is 2.20. The Balaban J connectivity index is 3.03. The van der Waals surface area contributed by atoms with Gasteiger partial charge < -0.3 is 4.57 Å². The third-order valence-electron chi connectivity index (χ3n) is 2.41. The lowest BCUT2D eigenvalue weighted by Gasteiger charge is -2.17. The molecule has 0 aliphatic heterocycles. The van der Waals surface area contributed by atoms with Gasteiger partial charge in [-0.1, -0.05) is 20.8 Å². The van der Waals surface area contributed by atoms with E-state index < -0.39 is 0 Å². The highest BCUT2D eigenvalue weighted by molar-refractivity contribution is 5.79. The van der Waals surface area contributed by atoms with Crippen LogP contribution in [0.3, 0.4) is 0 Å². The maximum atomic E-state index is 11.4. The highest BCUT2D eigenvalue weighted by atomic mass is 16.1. The van der Waals surface area contributed by atoms with Crippen molar-refractivity contribution >= 4 is 5.78 Å². The van der Waals surface area contributed by atoms with Crippen LogP contribution >= 0.6 is 0 Å². The smallest absolute Gasteiger partial charge is 0.152 e. The summed E-state index contributed by atoms with van der Waals surface area (Å²) < 4.78 is 1.99. The second-order valence-electron chi connectivity index (χ2n) is 3.88. The van der Waals surface area contributed by atoms with Crippen LogP contribution in [0.2, 0.25) is 0 Å². The number of imidazole rings is 1. The number of hydrogen-bond donors (Lipinski definition) is 0. The SMILES string of the molecule is CCC(C(C)=O)n1ccnc1C(C)C. The number of carbonyl (C=O) groups is 1. The van der Waals surface area contributed by atoms with Gasteiger partial charge in [-0.15, -0.1) is 0 Å². The molecule has 1 heterocycles. The van der Waals surface area contributed by atoms with Crippen molar-refractivity contribution in [2.45, 2.75) is 46.1 Å². The van der Waals surface area contributed by atoms with Gasteiger partial charge in [-0.3, -0.25) is 4.79 Å². The molecule has 78 valence electrons. The van der Waals surface area contributed by atoms with Crippen molar-refractivity contribution in [1.82, 2.24) is 9.55 Å². The monoisotopic (exact) mass is 194 g/mol. The summed E-state index contributed by atoms with van der Waals surface area (Å²) in [5, 5.41) is 0. The molecule has 1 aromatic heterocycles. The van der Waals surface area contributed by atoms with E-state index in [1.54, 1.807) is 13.1 Å². The first-order valence-corrected chi connectivity index (χ1v) is 5.11. The fraction of sp³-hybridized carbons (Fsp3) is 0.636. The Morgan fingerprint density at radius 3 is 2.64 bits per heavy atom. The molecular formula is C11H18N2O. The Morgan fingerprint density at radius 1 is 1.57 bits per heavy atom. The zero-order chi connectivity index (χ0) is 10.7. The van der Waals surface area contributed by atoms with Crippen molar-refractivity contribution in [3.63, 3.8) is 0 Å². The van der Waals surface area contributed by atoms with Crippen molar-refractivity contribution < 1.29 is 4.79 Å². The van der Waals surface area contributed by atoms with Gasteiger partial charge in [0.05, 0.1) is 6.04 Å². The van der Waals surface area contributed by atoms with E-state index in [0.717, 1.165) is 12.2 Å². The largest absolute Gasteiger partial charge is 0.324 e. The summed E-state index contributed by atoms with van der Waals surface area (Å²) in [5.74, 6) is 1.55. The molecule has 0 aromatic carbocycles. The summed E-state index contributed by atoms with van der Waals surface area (Å²) in [5.41, 5.74) is 0. The predicted octanol–water partition coefficient (Wildman–Crippen LogP) is 2.55. The number of ketones is 1. The first-order valence-electron chi connectivity index (χ1n) is 5.11. The van der Waals surface area contributed by atoms with Crippen molar-refractivity contribution in [3.8, 4) is 0 Å². The maximum Gasteiger partial charge on any atom is 0.152 e. The fourth-order valence-corrected chi connectivity index (χ4v) is 1.72. The molecule has 0 saturated heterocycles. The maximum absolute atomic E-state index is 11.4. The molecule has 0 bridgehead atoms. The lowest BCUT2D eigenvalue weighted by molar-refractivity contribution is -0.120. The zero-order valence-corrected chi connectivity index (χ0v) is 9.32. The van der Waals surface area contributed by atoms with Crippen LogP contribution in [0.4, 0.5) is 0 Å². The average Bonchev–Trinajstić information content (AvgIpc) is 2.53. The Hall–Kier alpha value is -1.12. The van der Waals surface area contributed by atoms with Gasteiger partial charge in [0.15, 0.2) is 5.78 Å².